The van der Waals surface area contributed by atoms with E-state index in [1.165, 1.54) is 12.3 Å². The van der Waals surface area contributed by atoms with Gasteiger partial charge in [-0.1, -0.05) is 0 Å². The third-order valence-corrected chi connectivity index (χ3v) is 1.05. The smallest absolute Gasteiger partial charge is 0.141 e. The first-order chi connectivity index (χ1) is 4.33. The summed E-state index contributed by atoms with van der Waals surface area (Å²) < 4.78 is 12.3. The van der Waals surface area contributed by atoms with Gasteiger partial charge in [-0.25, -0.2) is 4.39 Å². The molecule has 0 aliphatic carbocycles. The summed E-state index contributed by atoms with van der Waals surface area (Å²) in [5, 5.41) is 0. The van der Waals surface area contributed by atoms with Crippen LogP contribution in [-0.2, 0) is 6.54 Å². The lowest BCUT2D eigenvalue weighted by atomic mass is 10.3. The second kappa shape index (κ2) is 2.55. The van der Waals surface area contributed by atoms with Crippen LogP contribution >= 0.6 is 0 Å². The van der Waals surface area contributed by atoms with Gasteiger partial charge in [0, 0.05) is 11.8 Å². The van der Waals surface area contributed by atoms with Gasteiger partial charge in [0.05, 0.1) is 6.20 Å². The van der Waals surface area contributed by atoms with E-state index in [-0.39, 0.29) is 5.82 Å². The Morgan fingerprint density at radius 1 is 1.56 bits per heavy atom. The molecule has 0 aromatic carbocycles. The summed E-state index contributed by atoms with van der Waals surface area (Å²) in [4.78, 5) is 3.64. The number of nitrogens with zero attached hydrogens (tertiary/aromatic N) is 1. The number of rotatable bonds is 1. The van der Waals surface area contributed by atoms with Crippen molar-refractivity contribution in [2.45, 2.75) is 6.54 Å². The summed E-state index contributed by atoms with van der Waals surface area (Å²) in [6.07, 6.45) is 2.79. The van der Waals surface area contributed by atoms with Crippen molar-refractivity contribution in [2.75, 3.05) is 0 Å². The fourth-order valence-electron chi connectivity index (χ4n) is 0.593. The number of quaternary nitrogens is 1. The van der Waals surface area contributed by atoms with Crippen LogP contribution in [-0.4, -0.2) is 4.98 Å². The van der Waals surface area contributed by atoms with Crippen LogP contribution in [0.25, 0.3) is 0 Å². The Hall–Kier alpha value is -0.960. The number of hydrogen-bond acceptors (Lipinski definition) is 1. The lowest BCUT2D eigenvalue weighted by molar-refractivity contribution is -0.386. The molecule has 1 aromatic rings. The minimum atomic E-state index is -0.295. The highest BCUT2D eigenvalue weighted by atomic mass is 19.1. The van der Waals surface area contributed by atoms with Crippen LogP contribution in [0.1, 0.15) is 5.56 Å². The maximum Gasteiger partial charge on any atom is 0.141 e. The molecular weight excluding hydrogens is 119 g/mol. The van der Waals surface area contributed by atoms with Crippen molar-refractivity contribution < 1.29 is 10.1 Å². The molecule has 0 atom stereocenters. The van der Waals surface area contributed by atoms with E-state index in [1.807, 2.05) is 0 Å². The van der Waals surface area contributed by atoms with E-state index in [2.05, 4.69) is 10.7 Å². The summed E-state index contributed by atoms with van der Waals surface area (Å²) in [6, 6.07) is 1.43. The fraction of sp³-hybridized carbons (Fsp3) is 0.167. The Labute approximate surface area is 52.5 Å². The molecule has 2 nitrogen and oxygen atoms in total. The van der Waals surface area contributed by atoms with Crippen molar-refractivity contribution in [3.63, 3.8) is 0 Å². The monoisotopic (exact) mass is 127 g/mol. The molecule has 0 saturated heterocycles. The minimum Gasteiger partial charge on any atom is -0.354 e. The van der Waals surface area contributed by atoms with Crippen LogP contribution in [0, 0.1) is 5.82 Å². The summed E-state index contributed by atoms with van der Waals surface area (Å²) in [5.41, 5.74) is 4.42. The number of pyridine rings is 1. The zero-order valence-corrected chi connectivity index (χ0v) is 4.97. The van der Waals surface area contributed by atoms with Crippen LogP contribution in [0.5, 0.6) is 0 Å². The van der Waals surface area contributed by atoms with Gasteiger partial charge >= 0.3 is 0 Å². The topological polar surface area (TPSA) is 40.5 Å². The Bertz CT molecular complexity index is 200. The van der Waals surface area contributed by atoms with E-state index < -0.39 is 0 Å². The molecule has 9 heavy (non-hydrogen) atoms. The van der Waals surface area contributed by atoms with Gasteiger partial charge in [-0.05, 0) is 6.07 Å². The van der Waals surface area contributed by atoms with Crippen molar-refractivity contribution in [1.82, 2.24) is 4.98 Å². The van der Waals surface area contributed by atoms with Gasteiger partial charge in [0.2, 0.25) is 0 Å². The second-order valence-electron chi connectivity index (χ2n) is 1.76. The largest absolute Gasteiger partial charge is 0.354 e. The predicted molar refractivity (Wildman–Crippen MR) is 30.8 cm³/mol. The molecule has 0 bridgehead atoms. The standard InChI is InChI=1S/C6H7FN2/c7-6-1-5(2-8)3-9-4-6/h1,3-4H,2,8H2/p+1. The zero-order valence-electron chi connectivity index (χ0n) is 4.97. The normalized spacial score (nSPS) is 9.56. The molecule has 0 spiro atoms. The van der Waals surface area contributed by atoms with Crippen LogP contribution in [0.3, 0.4) is 0 Å². The first kappa shape index (κ1) is 6.16. The van der Waals surface area contributed by atoms with Gasteiger partial charge in [-0.2, -0.15) is 0 Å². The molecule has 1 rings (SSSR count). The summed E-state index contributed by atoms with van der Waals surface area (Å²) in [7, 11) is 0. The van der Waals surface area contributed by atoms with Crippen molar-refractivity contribution in [2.24, 2.45) is 0 Å². The molecule has 48 valence electrons. The van der Waals surface area contributed by atoms with Gasteiger partial charge < -0.3 is 5.73 Å². The molecular formula is C6H8FN2+. The van der Waals surface area contributed by atoms with Gasteiger partial charge in [0.1, 0.15) is 12.4 Å². The van der Waals surface area contributed by atoms with Crippen molar-refractivity contribution in [3.05, 3.63) is 29.8 Å². The van der Waals surface area contributed by atoms with Crippen LogP contribution in [0.2, 0.25) is 0 Å². The molecule has 0 fully saturated rings. The third-order valence-electron chi connectivity index (χ3n) is 1.05. The molecule has 0 unspecified atom stereocenters. The van der Waals surface area contributed by atoms with Crippen molar-refractivity contribution in [1.29, 1.82) is 0 Å². The molecule has 0 amide bonds. The molecule has 3 heteroatoms. The van der Waals surface area contributed by atoms with Gasteiger partial charge in [0.25, 0.3) is 0 Å². The summed E-state index contributed by atoms with van der Waals surface area (Å²) in [5.74, 6) is -0.295. The Morgan fingerprint density at radius 3 is 2.78 bits per heavy atom. The van der Waals surface area contributed by atoms with Gasteiger partial charge in [-0.15, -0.1) is 0 Å². The Kier molecular flexibility index (Phi) is 1.75. The first-order valence-corrected chi connectivity index (χ1v) is 2.71. The van der Waals surface area contributed by atoms with Crippen LogP contribution in [0.4, 0.5) is 4.39 Å². The highest BCUT2D eigenvalue weighted by Crippen LogP contribution is 1.97. The van der Waals surface area contributed by atoms with Gasteiger partial charge in [-0.3, -0.25) is 4.98 Å². The maximum atomic E-state index is 12.3. The number of halogens is 1. The van der Waals surface area contributed by atoms with E-state index in [1.54, 1.807) is 6.20 Å². The first-order valence-electron chi connectivity index (χ1n) is 2.71. The molecule has 0 saturated carbocycles. The average molecular weight is 127 g/mol. The molecule has 1 aromatic heterocycles. The van der Waals surface area contributed by atoms with Crippen molar-refractivity contribution in [3.8, 4) is 0 Å². The predicted octanol–water partition coefficient (Wildman–Crippen LogP) is -0.0374. The average Bonchev–Trinajstić information content (AvgIpc) is 1.88. The van der Waals surface area contributed by atoms with Crippen LogP contribution < -0.4 is 5.73 Å². The lowest BCUT2D eigenvalue weighted by Crippen LogP contribution is -2.47. The number of hydrogen-bond donors (Lipinski definition) is 1. The Balaban J connectivity index is 2.94. The lowest BCUT2D eigenvalue weighted by Gasteiger charge is -1.90. The zero-order chi connectivity index (χ0) is 6.69. The SMILES string of the molecule is [NH3+]Cc1cncc(F)c1. The summed E-state index contributed by atoms with van der Waals surface area (Å²) >= 11 is 0. The molecule has 3 N–H and O–H groups in total. The van der Waals surface area contributed by atoms with Crippen LogP contribution in [0.15, 0.2) is 18.5 Å². The van der Waals surface area contributed by atoms with E-state index >= 15 is 0 Å². The Morgan fingerprint density at radius 2 is 2.33 bits per heavy atom. The quantitative estimate of drug-likeness (QED) is 0.565. The number of aromatic nitrogens is 1. The van der Waals surface area contributed by atoms with E-state index in [0.29, 0.717) is 6.54 Å². The van der Waals surface area contributed by atoms with E-state index in [9.17, 15) is 4.39 Å². The summed E-state index contributed by atoms with van der Waals surface area (Å²) in [6.45, 7) is 0.588. The minimum absolute atomic E-state index is 0.295. The van der Waals surface area contributed by atoms with E-state index in [0.717, 1.165) is 5.56 Å². The maximum absolute atomic E-state index is 12.3. The molecule has 0 aliphatic heterocycles. The third kappa shape index (κ3) is 1.47. The highest BCUT2D eigenvalue weighted by molar-refractivity contribution is 5.07. The van der Waals surface area contributed by atoms with Crippen molar-refractivity contribution >= 4 is 0 Å². The van der Waals surface area contributed by atoms with E-state index in [4.69, 9.17) is 0 Å². The van der Waals surface area contributed by atoms with Gasteiger partial charge in [0.15, 0.2) is 0 Å². The highest BCUT2D eigenvalue weighted by Gasteiger charge is 1.92. The molecule has 0 aliphatic rings. The molecule has 1 heterocycles. The second-order valence-corrected chi connectivity index (χ2v) is 1.76. The molecule has 0 radical (unpaired) electrons. The fourth-order valence-corrected chi connectivity index (χ4v) is 0.593.